The molecule has 0 heterocycles. The minimum absolute atomic E-state index is 1.07. The van der Waals surface area contributed by atoms with Crippen LogP contribution >= 0.6 is 0 Å². The molecule has 0 nitrogen and oxygen atoms in total. The van der Waals surface area contributed by atoms with Gasteiger partial charge in [0, 0.05) is 5.56 Å². The van der Waals surface area contributed by atoms with Crippen molar-refractivity contribution < 1.29 is 0 Å². The van der Waals surface area contributed by atoms with Crippen molar-refractivity contribution >= 4 is 0 Å². The predicted molar refractivity (Wildman–Crippen MR) is 80.5 cm³/mol. The third-order valence-electron chi connectivity index (χ3n) is 2.52. The number of benzene rings is 2. The summed E-state index contributed by atoms with van der Waals surface area (Å²) in [6.07, 6.45) is 0. The zero-order valence-electron chi connectivity index (χ0n) is 11.6. The molecule has 0 atom stereocenters. The second kappa shape index (κ2) is 7.35. The molecule has 0 aliphatic carbocycles. The van der Waals surface area contributed by atoms with Gasteiger partial charge >= 0.3 is 0 Å². The highest BCUT2D eigenvalue weighted by Crippen LogP contribution is 2.20. The van der Waals surface area contributed by atoms with E-state index in [-0.39, 0.29) is 0 Å². The molecule has 0 saturated heterocycles. The maximum atomic E-state index is 3.08. The van der Waals surface area contributed by atoms with Gasteiger partial charge in [0.15, 0.2) is 0 Å². The van der Waals surface area contributed by atoms with E-state index in [1.165, 1.54) is 16.7 Å². The van der Waals surface area contributed by atoms with Gasteiger partial charge in [0.05, 0.1) is 0 Å². The van der Waals surface area contributed by atoms with Crippen LogP contribution in [0.25, 0.3) is 11.1 Å². The van der Waals surface area contributed by atoms with E-state index in [0.29, 0.717) is 0 Å². The van der Waals surface area contributed by atoms with Crippen molar-refractivity contribution in [2.75, 3.05) is 0 Å². The molecule has 0 heteroatoms. The fourth-order valence-corrected chi connectivity index (χ4v) is 1.67. The molecule has 0 amide bonds. The SMILES string of the molecule is CC.CC#Cc1cccc(-c2ccc(C)cc2)c1. The minimum atomic E-state index is 1.07. The molecular weight excluding hydrogens is 216 g/mol. The van der Waals surface area contributed by atoms with Crippen molar-refractivity contribution in [3.05, 3.63) is 59.7 Å². The second-order valence-electron chi connectivity index (χ2n) is 3.82. The molecule has 0 aliphatic rings. The monoisotopic (exact) mass is 236 g/mol. The molecule has 2 aromatic rings. The molecule has 92 valence electrons. The fraction of sp³-hybridized carbons (Fsp3) is 0.222. The highest BCUT2D eigenvalue weighted by Gasteiger charge is 1.97. The molecule has 0 spiro atoms. The van der Waals surface area contributed by atoms with Gasteiger partial charge < -0.3 is 0 Å². The summed E-state index contributed by atoms with van der Waals surface area (Å²) < 4.78 is 0. The first-order valence-corrected chi connectivity index (χ1v) is 6.39. The summed E-state index contributed by atoms with van der Waals surface area (Å²) in [5.41, 5.74) is 4.82. The largest absolute Gasteiger partial charge is 0.101 e. The summed E-state index contributed by atoms with van der Waals surface area (Å²) in [7, 11) is 0. The van der Waals surface area contributed by atoms with Gasteiger partial charge in [-0.3, -0.25) is 0 Å². The molecule has 0 saturated carbocycles. The van der Waals surface area contributed by atoms with E-state index in [9.17, 15) is 0 Å². The summed E-state index contributed by atoms with van der Waals surface area (Å²) in [5, 5.41) is 0. The van der Waals surface area contributed by atoms with E-state index in [4.69, 9.17) is 0 Å². The highest BCUT2D eigenvalue weighted by molar-refractivity contribution is 5.65. The lowest BCUT2D eigenvalue weighted by Gasteiger charge is -2.02. The highest BCUT2D eigenvalue weighted by atomic mass is 14.0. The van der Waals surface area contributed by atoms with E-state index in [1.54, 1.807) is 0 Å². The zero-order chi connectivity index (χ0) is 13.4. The Balaban J connectivity index is 0.000000771. The zero-order valence-corrected chi connectivity index (χ0v) is 11.6. The van der Waals surface area contributed by atoms with Crippen LogP contribution in [0.5, 0.6) is 0 Å². The van der Waals surface area contributed by atoms with Gasteiger partial charge in [0.2, 0.25) is 0 Å². The molecule has 2 rings (SSSR count). The molecular formula is C18H20. The van der Waals surface area contributed by atoms with Crippen LogP contribution < -0.4 is 0 Å². The Kier molecular flexibility index (Phi) is 5.74. The Hall–Kier alpha value is -2.00. The normalized spacial score (nSPS) is 8.67. The van der Waals surface area contributed by atoms with Crippen LogP contribution in [0, 0.1) is 18.8 Å². The lowest BCUT2D eigenvalue weighted by atomic mass is 10.0. The predicted octanol–water partition coefficient (Wildman–Crippen LogP) is 5.06. The van der Waals surface area contributed by atoms with Gasteiger partial charge in [-0.05, 0) is 37.1 Å². The summed E-state index contributed by atoms with van der Waals surface area (Å²) in [5.74, 6) is 6.00. The van der Waals surface area contributed by atoms with Crippen LogP contribution in [0.4, 0.5) is 0 Å². The molecule has 0 radical (unpaired) electrons. The molecule has 0 aromatic heterocycles. The van der Waals surface area contributed by atoms with Crippen LogP contribution in [0.2, 0.25) is 0 Å². The Morgan fingerprint density at radius 3 is 2.11 bits per heavy atom. The first-order valence-electron chi connectivity index (χ1n) is 6.39. The van der Waals surface area contributed by atoms with Crippen molar-refractivity contribution in [3.63, 3.8) is 0 Å². The van der Waals surface area contributed by atoms with Crippen molar-refractivity contribution in [3.8, 4) is 23.0 Å². The third kappa shape index (κ3) is 3.79. The van der Waals surface area contributed by atoms with Gasteiger partial charge in [0.25, 0.3) is 0 Å². The summed E-state index contributed by atoms with van der Waals surface area (Å²) in [4.78, 5) is 0. The van der Waals surface area contributed by atoms with Crippen molar-refractivity contribution in [2.24, 2.45) is 0 Å². The Labute approximate surface area is 111 Å². The van der Waals surface area contributed by atoms with Gasteiger partial charge in [-0.25, -0.2) is 0 Å². The molecule has 0 unspecified atom stereocenters. The lowest BCUT2D eigenvalue weighted by Crippen LogP contribution is -1.80. The summed E-state index contributed by atoms with van der Waals surface area (Å²) >= 11 is 0. The second-order valence-corrected chi connectivity index (χ2v) is 3.82. The van der Waals surface area contributed by atoms with Crippen molar-refractivity contribution in [1.29, 1.82) is 0 Å². The Bertz CT molecular complexity index is 536. The van der Waals surface area contributed by atoms with Crippen LogP contribution in [0.3, 0.4) is 0 Å². The van der Waals surface area contributed by atoms with Crippen LogP contribution in [-0.2, 0) is 0 Å². The van der Waals surface area contributed by atoms with Gasteiger partial charge in [-0.15, -0.1) is 5.92 Å². The van der Waals surface area contributed by atoms with Crippen LogP contribution in [-0.4, -0.2) is 0 Å². The number of hydrogen-bond acceptors (Lipinski definition) is 0. The van der Waals surface area contributed by atoms with E-state index >= 15 is 0 Å². The smallest absolute Gasteiger partial charge is 0.0251 e. The Morgan fingerprint density at radius 2 is 1.50 bits per heavy atom. The number of rotatable bonds is 1. The van der Waals surface area contributed by atoms with Crippen LogP contribution in [0.15, 0.2) is 48.5 Å². The summed E-state index contributed by atoms with van der Waals surface area (Å²) in [6.45, 7) is 7.96. The topological polar surface area (TPSA) is 0 Å². The van der Waals surface area contributed by atoms with Gasteiger partial charge in [0.1, 0.15) is 0 Å². The molecule has 0 bridgehead atoms. The number of aryl methyl sites for hydroxylation is 1. The molecule has 0 N–H and O–H groups in total. The quantitative estimate of drug-likeness (QED) is 0.607. The Morgan fingerprint density at radius 1 is 0.833 bits per heavy atom. The maximum absolute atomic E-state index is 3.08. The third-order valence-corrected chi connectivity index (χ3v) is 2.52. The van der Waals surface area contributed by atoms with Crippen molar-refractivity contribution in [1.82, 2.24) is 0 Å². The molecule has 0 fully saturated rings. The van der Waals surface area contributed by atoms with Gasteiger partial charge in [-0.2, -0.15) is 0 Å². The van der Waals surface area contributed by atoms with Crippen molar-refractivity contribution in [2.45, 2.75) is 27.7 Å². The fourth-order valence-electron chi connectivity index (χ4n) is 1.67. The standard InChI is InChI=1S/C16H14.C2H6/c1-3-5-14-6-4-7-16(12-14)15-10-8-13(2)9-11-15;1-2/h4,6-12H,1-2H3;1-2H3. The van der Waals surface area contributed by atoms with E-state index in [2.05, 4.69) is 61.2 Å². The molecule has 0 aliphatic heterocycles. The molecule has 2 aromatic carbocycles. The van der Waals surface area contributed by atoms with E-state index in [0.717, 1.165) is 5.56 Å². The summed E-state index contributed by atoms with van der Waals surface area (Å²) in [6, 6.07) is 16.9. The number of hydrogen-bond donors (Lipinski definition) is 0. The lowest BCUT2D eigenvalue weighted by molar-refractivity contribution is 1.47. The van der Waals surface area contributed by atoms with E-state index in [1.807, 2.05) is 26.8 Å². The average molecular weight is 236 g/mol. The van der Waals surface area contributed by atoms with E-state index < -0.39 is 0 Å². The average Bonchev–Trinajstić information content (AvgIpc) is 2.43. The first kappa shape index (κ1) is 14.1. The maximum Gasteiger partial charge on any atom is 0.0251 e. The minimum Gasteiger partial charge on any atom is -0.101 e. The van der Waals surface area contributed by atoms with Crippen LogP contribution in [0.1, 0.15) is 31.9 Å². The first-order chi connectivity index (χ1) is 8.79. The molecule has 18 heavy (non-hydrogen) atoms. The van der Waals surface area contributed by atoms with Gasteiger partial charge in [-0.1, -0.05) is 61.7 Å².